The van der Waals surface area contributed by atoms with Gasteiger partial charge in [-0.1, -0.05) is 102 Å². The topological polar surface area (TPSA) is 44.7 Å². The summed E-state index contributed by atoms with van der Waals surface area (Å²) < 4.78 is 0. The summed E-state index contributed by atoms with van der Waals surface area (Å²) in [6, 6.07) is 9.65. The second kappa shape index (κ2) is 18.3. The number of hydrogen-bond acceptors (Lipinski definition) is 3. The number of nitrogens with zero attached hydrogens (tertiary/aromatic N) is 2. The summed E-state index contributed by atoms with van der Waals surface area (Å²) >= 11 is 1.72. The zero-order valence-electron chi connectivity index (χ0n) is 19.5. The van der Waals surface area contributed by atoms with Crippen molar-refractivity contribution in [2.45, 2.75) is 91.4 Å². The lowest BCUT2D eigenvalue weighted by Gasteiger charge is -2.24. The third kappa shape index (κ3) is 12.3. The maximum atomic E-state index is 13.1. The Morgan fingerprint density at radius 3 is 2.13 bits per heavy atom. The molecule has 1 aromatic rings. The van der Waals surface area contributed by atoms with Crippen molar-refractivity contribution in [3.63, 3.8) is 0 Å². The van der Waals surface area contributed by atoms with Crippen LogP contribution in [0.2, 0.25) is 0 Å². The SMILES string of the molecule is CCCCCCCN=C(SCCC)N(CCCCCCC)C(=O)Nc1ccccc1. The summed E-state index contributed by atoms with van der Waals surface area (Å²) in [6.45, 7) is 8.18. The van der Waals surface area contributed by atoms with Crippen molar-refractivity contribution in [3.05, 3.63) is 30.3 Å². The fourth-order valence-electron chi connectivity index (χ4n) is 3.16. The standard InChI is InChI=1S/C25H43N3OS/c1-4-7-9-11-16-20-26-25(30-22-6-3)28(21-17-12-10-8-5-2)24(29)27-23-18-14-13-15-19-23/h13-15,18-19H,4-12,16-17,20-22H2,1-3H3,(H,27,29). The first kappa shape index (κ1) is 26.5. The quantitative estimate of drug-likeness (QED) is 0.173. The van der Waals surface area contributed by atoms with Gasteiger partial charge in [-0.05, 0) is 31.4 Å². The van der Waals surface area contributed by atoms with Crippen molar-refractivity contribution >= 4 is 28.6 Å². The van der Waals surface area contributed by atoms with Crippen molar-refractivity contribution in [1.29, 1.82) is 0 Å². The third-order valence-corrected chi connectivity index (χ3v) is 6.15. The van der Waals surface area contributed by atoms with Crippen LogP contribution in [0.3, 0.4) is 0 Å². The lowest BCUT2D eigenvalue weighted by molar-refractivity contribution is 0.233. The number of hydrogen-bond donors (Lipinski definition) is 1. The molecule has 30 heavy (non-hydrogen) atoms. The number of rotatable bonds is 15. The van der Waals surface area contributed by atoms with Gasteiger partial charge in [-0.2, -0.15) is 0 Å². The molecule has 0 heterocycles. The largest absolute Gasteiger partial charge is 0.327 e. The Balaban J connectivity index is 2.80. The molecular weight excluding hydrogens is 390 g/mol. The monoisotopic (exact) mass is 433 g/mol. The molecule has 5 heteroatoms. The van der Waals surface area contributed by atoms with Crippen LogP contribution in [-0.4, -0.2) is 34.9 Å². The average Bonchev–Trinajstić information content (AvgIpc) is 2.76. The molecule has 0 aliphatic rings. The van der Waals surface area contributed by atoms with E-state index in [0.29, 0.717) is 0 Å². The number of amidine groups is 1. The molecule has 0 saturated carbocycles. The predicted octanol–water partition coefficient (Wildman–Crippen LogP) is 7.96. The molecule has 0 aliphatic heterocycles. The number of urea groups is 1. The highest BCUT2D eigenvalue weighted by molar-refractivity contribution is 8.13. The second-order valence-electron chi connectivity index (χ2n) is 7.79. The number of carbonyl (C=O) groups is 1. The maximum absolute atomic E-state index is 13.1. The van der Waals surface area contributed by atoms with Crippen LogP contribution >= 0.6 is 11.8 Å². The Hall–Kier alpha value is -1.49. The van der Waals surface area contributed by atoms with Gasteiger partial charge in [-0.3, -0.25) is 9.89 Å². The van der Waals surface area contributed by atoms with Gasteiger partial charge in [0.05, 0.1) is 0 Å². The molecule has 1 N–H and O–H groups in total. The van der Waals surface area contributed by atoms with Gasteiger partial charge in [0.1, 0.15) is 0 Å². The van der Waals surface area contributed by atoms with E-state index in [9.17, 15) is 4.79 Å². The summed E-state index contributed by atoms with van der Waals surface area (Å²) in [4.78, 5) is 19.9. The highest BCUT2D eigenvalue weighted by atomic mass is 32.2. The van der Waals surface area contributed by atoms with Crippen LogP contribution in [0.5, 0.6) is 0 Å². The molecular formula is C25H43N3OS. The molecule has 0 atom stereocenters. The van der Waals surface area contributed by atoms with Gasteiger partial charge in [0.25, 0.3) is 0 Å². The normalized spacial score (nSPS) is 11.5. The van der Waals surface area contributed by atoms with Gasteiger partial charge in [-0.25, -0.2) is 4.79 Å². The molecule has 0 aromatic heterocycles. The van der Waals surface area contributed by atoms with Crippen LogP contribution in [0.4, 0.5) is 10.5 Å². The third-order valence-electron chi connectivity index (χ3n) is 4.93. The van der Waals surface area contributed by atoms with Gasteiger partial charge in [-0.15, -0.1) is 0 Å². The molecule has 0 saturated heterocycles. The van der Waals surface area contributed by atoms with Crippen molar-refractivity contribution in [2.75, 3.05) is 24.2 Å². The fraction of sp³-hybridized carbons (Fsp3) is 0.680. The van der Waals surface area contributed by atoms with Gasteiger partial charge < -0.3 is 5.32 Å². The first-order chi connectivity index (χ1) is 14.7. The Morgan fingerprint density at radius 1 is 0.867 bits per heavy atom. The first-order valence-electron chi connectivity index (χ1n) is 12.0. The van der Waals surface area contributed by atoms with Crippen molar-refractivity contribution in [2.24, 2.45) is 4.99 Å². The lowest BCUT2D eigenvalue weighted by atomic mass is 10.1. The highest BCUT2D eigenvalue weighted by Gasteiger charge is 2.20. The Bertz CT molecular complexity index is 577. The Labute approximate surface area is 189 Å². The van der Waals surface area contributed by atoms with Crippen molar-refractivity contribution in [1.82, 2.24) is 4.90 Å². The smallest absolute Gasteiger partial charge is 0.307 e. The van der Waals surface area contributed by atoms with Gasteiger partial charge >= 0.3 is 6.03 Å². The minimum Gasteiger partial charge on any atom is -0.307 e. The molecule has 2 amide bonds. The van der Waals surface area contributed by atoms with E-state index in [1.165, 1.54) is 44.9 Å². The molecule has 170 valence electrons. The van der Waals surface area contributed by atoms with E-state index in [2.05, 4.69) is 26.1 Å². The second-order valence-corrected chi connectivity index (χ2v) is 8.85. The molecule has 4 nitrogen and oxygen atoms in total. The molecule has 0 unspecified atom stereocenters. The Morgan fingerprint density at radius 2 is 1.50 bits per heavy atom. The molecule has 1 aromatic carbocycles. The van der Waals surface area contributed by atoms with Crippen molar-refractivity contribution in [3.8, 4) is 0 Å². The fourth-order valence-corrected chi connectivity index (χ4v) is 4.06. The number of para-hydroxylation sites is 1. The zero-order chi connectivity index (χ0) is 21.9. The van der Waals surface area contributed by atoms with E-state index in [4.69, 9.17) is 4.99 Å². The van der Waals surface area contributed by atoms with E-state index in [-0.39, 0.29) is 6.03 Å². The van der Waals surface area contributed by atoms with E-state index < -0.39 is 0 Å². The number of thioether (sulfide) groups is 1. The van der Waals surface area contributed by atoms with Crippen molar-refractivity contribution < 1.29 is 4.79 Å². The van der Waals surface area contributed by atoms with Crippen LogP contribution < -0.4 is 5.32 Å². The number of amides is 2. The van der Waals surface area contributed by atoms with Crippen LogP contribution in [0.1, 0.15) is 91.4 Å². The zero-order valence-corrected chi connectivity index (χ0v) is 20.3. The molecule has 1 rings (SSSR count). The van der Waals surface area contributed by atoms with Crippen LogP contribution in [0.25, 0.3) is 0 Å². The molecule has 0 bridgehead atoms. The van der Waals surface area contributed by atoms with E-state index >= 15 is 0 Å². The van der Waals surface area contributed by atoms with E-state index in [0.717, 1.165) is 55.4 Å². The van der Waals surface area contributed by atoms with Crippen LogP contribution in [0, 0.1) is 0 Å². The first-order valence-corrected chi connectivity index (χ1v) is 13.0. The summed E-state index contributed by atoms with van der Waals surface area (Å²) in [6.07, 6.45) is 13.1. The molecule has 0 radical (unpaired) electrons. The number of benzene rings is 1. The maximum Gasteiger partial charge on any atom is 0.327 e. The molecule has 0 fully saturated rings. The highest BCUT2D eigenvalue weighted by Crippen LogP contribution is 2.16. The predicted molar refractivity (Wildman–Crippen MR) is 135 cm³/mol. The van der Waals surface area contributed by atoms with Gasteiger partial charge in [0.15, 0.2) is 5.17 Å². The summed E-state index contributed by atoms with van der Waals surface area (Å²) in [7, 11) is 0. The minimum absolute atomic E-state index is 0.0648. The number of anilines is 1. The molecule has 0 aliphatic carbocycles. The van der Waals surface area contributed by atoms with Gasteiger partial charge in [0.2, 0.25) is 0 Å². The number of nitrogens with one attached hydrogen (secondary N) is 1. The lowest BCUT2D eigenvalue weighted by Crippen LogP contribution is -2.39. The minimum atomic E-state index is -0.0648. The average molecular weight is 434 g/mol. The van der Waals surface area contributed by atoms with E-state index in [1.807, 2.05) is 35.2 Å². The van der Waals surface area contributed by atoms with Gasteiger partial charge in [0, 0.05) is 24.5 Å². The number of unbranched alkanes of at least 4 members (excludes halogenated alkanes) is 8. The summed E-state index contributed by atoms with van der Waals surface area (Å²) in [5, 5.41) is 3.95. The number of aliphatic imine (C=N–C) groups is 1. The molecule has 0 spiro atoms. The summed E-state index contributed by atoms with van der Waals surface area (Å²) in [5.41, 5.74) is 0.831. The number of carbonyl (C=O) groups excluding carboxylic acids is 1. The van der Waals surface area contributed by atoms with Crippen LogP contribution in [-0.2, 0) is 0 Å². The van der Waals surface area contributed by atoms with E-state index in [1.54, 1.807) is 11.8 Å². The Kier molecular flexibility index (Phi) is 16.2. The summed E-state index contributed by atoms with van der Waals surface area (Å²) in [5.74, 6) is 0.986. The van der Waals surface area contributed by atoms with Crippen LogP contribution in [0.15, 0.2) is 35.3 Å².